The number of fused-ring (bicyclic) bond motifs is 1. The number of nitrogens with zero attached hydrogens (tertiary/aromatic N) is 1. The van der Waals surface area contributed by atoms with Gasteiger partial charge in [-0.05, 0) is 23.6 Å². The molecule has 2 rings (SSSR count). The molecule has 0 aromatic heterocycles. The molecule has 2 aromatic rings. The first-order valence-electron chi connectivity index (χ1n) is 5.05. The average molecular weight is 250 g/mol. The smallest absolute Gasteiger partial charge is 0.147 e. The number of rotatable bonds is 3. The maximum absolute atomic E-state index is 10.6. The first kappa shape index (κ1) is 11.9. The summed E-state index contributed by atoms with van der Waals surface area (Å²) in [5.41, 5.74) is 0.991. The monoisotopic (exact) mass is 250 g/mol. The summed E-state index contributed by atoms with van der Waals surface area (Å²) < 4.78 is 26.0. The molecule has 0 radical (unpaired) electrons. The first-order chi connectivity index (χ1) is 8.08. The van der Waals surface area contributed by atoms with Crippen LogP contribution in [0.2, 0.25) is 0 Å². The summed E-state index contributed by atoms with van der Waals surface area (Å²) in [4.78, 5) is 1.95. The highest BCUT2D eigenvalue weighted by Gasteiger charge is 2.04. The van der Waals surface area contributed by atoms with Crippen LogP contribution in [0, 0.1) is 0 Å². The lowest BCUT2D eigenvalue weighted by atomic mass is 10.1. The van der Waals surface area contributed by atoms with Crippen molar-refractivity contribution in [3.63, 3.8) is 0 Å². The van der Waals surface area contributed by atoms with Crippen molar-refractivity contribution in [3.05, 3.63) is 36.4 Å². The maximum Gasteiger partial charge on any atom is 0.147 e. The van der Waals surface area contributed by atoms with Gasteiger partial charge in [0.25, 0.3) is 0 Å². The van der Waals surface area contributed by atoms with E-state index in [-0.39, 0.29) is 0 Å². The molecule has 0 aliphatic carbocycles. The van der Waals surface area contributed by atoms with E-state index in [0.717, 1.165) is 16.5 Å². The number of benzene rings is 2. The summed E-state index contributed by atoms with van der Waals surface area (Å²) in [6, 6.07) is 11.1. The molecule has 0 aliphatic rings. The van der Waals surface area contributed by atoms with Crippen LogP contribution >= 0.6 is 0 Å². The molecule has 0 saturated heterocycles. The molecule has 17 heavy (non-hydrogen) atoms. The predicted molar refractivity (Wildman–Crippen MR) is 67.8 cm³/mol. The van der Waals surface area contributed by atoms with Crippen LogP contribution in [0.4, 0.5) is 5.69 Å². The third kappa shape index (κ3) is 2.57. The minimum Gasteiger partial charge on any atom is -0.740 e. The first-order valence-corrected chi connectivity index (χ1v) is 6.05. The van der Waals surface area contributed by atoms with Crippen molar-refractivity contribution in [2.45, 2.75) is 0 Å². The third-order valence-corrected chi connectivity index (χ3v) is 2.82. The van der Waals surface area contributed by atoms with Gasteiger partial charge in [0.15, 0.2) is 0 Å². The SMILES string of the molecule is CN(C)c1ccc2cccc(OS(=O)[O-])c2c1. The van der Waals surface area contributed by atoms with Crippen molar-refractivity contribution in [1.82, 2.24) is 0 Å². The van der Waals surface area contributed by atoms with Crippen LogP contribution in [0.3, 0.4) is 0 Å². The van der Waals surface area contributed by atoms with Gasteiger partial charge in [-0.1, -0.05) is 18.2 Å². The zero-order valence-corrected chi connectivity index (χ0v) is 10.4. The van der Waals surface area contributed by atoms with E-state index < -0.39 is 11.4 Å². The van der Waals surface area contributed by atoms with Gasteiger partial charge in [-0.25, -0.2) is 4.21 Å². The summed E-state index contributed by atoms with van der Waals surface area (Å²) in [7, 11) is 3.85. The predicted octanol–water partition coefficient (Wildman–Crippen LogP) is 2.08. The van der Waals surface area contributed by atoms with Crippen LogP contribution in [0.5, 0.6) is 5.75 Å². The Bertz CT molecular complexity index is 569. The van der Waals surface area contributed by atoms with Crippen LogP contribution in [-0.4, -0.2) is 22.9 Å². The van der Waals surface area contributed by atoms with Crippen molar-refractivity contribution in [2.75, 3.05) is 19.0 Å². The van der Waals surface area contributed by atoms with Gasteiger partial charge in [0.2, 0.25) is 0 Å². The molecular weight excluding hydrogens is 238 g/mol. The molecule has 2 aromatic carbocycles. The van der Waals surface area contributed by atoms with Gasteiger partial charge < -0.3 is 13.6 Å². The number of anilines is 1. The van der Waals surface area contributed by atoms with Crippen molar-refractivity contribution in [3.8, 4) is 5.75 Å². The molecular formula is C12H12NO3S-. The molecule has 0 amide bonds. The van der Waals surface area contributed by atoms with E-state index in [1.54, 1.807) is 12.1 Å². The molecule has 0 fully saturated rings. The van der Waals surface area contributed by atoms with Gasteiger partial charge in [0, 0.05) is 25.2 Å². The van der Waals surface area contributed by atoms with Gasteiger partial charge in [-0.15, -0.1) is 0 Å². The fourth-order valence-corrected chi connectivity index (χ4v) is 1.95. The lowest BCUT2D eigenvalue weighted by molar-refractivity contribution is 0.442. The Morgan fingerprint density at radius 2 is 2.00 bits per heavy atom. The van der Waals surface area contributed by atoms with E-state index in [0.29, 0.717) is 5.75 Å². The third-order valence-electron chi connectivity index (χ3n) is 2.50. The highest BCUT2D eigenvalue weighted by atomic mass is 32.2. The lowest BCUT2D eigenvalue weighted by Gasteiger charge is -2.15. The number of hydrogen-bond acceptors (Lipinski definition) is 4. The van der Waals surface area contributed by atoms with Crippen molar-refractivity contribution < 1.29 is 12.9 Å². The lowest BCUT2D eigenvalue weighted by Crippen LogP contribution is -2.08. The molecule has 0 N–H and O–H groups in total. The van der Waals surface area contributed by atoms with Crippen LogP contribution in [0.15, 0.2) is 36.4 Å². The van der Waals surface area contributed by atoms with Gasteiger partial charge in [0.1, 0.15) is 17.1 Å². The second kappa shape index (κ2) is 4.73. The van der Waals surface area contributed by atoms with E-state index in [2.05, 4.69) is 0 Å². The highest BCUT2D eigenvalue weighted by molar-refractivity contribution is 7.74. The normalized spacial score (nSPS) is 12.4. The zero-order valence-electron chi connectivity index (χ0n) is 9.54. The fraction of sp³-hybridized carbons (Fsp3) is 0.167. The summed E-state index contributed by atoms with van der Waals surface area (Å²) in [5, 5.41) is 1.72. The van der Waals surface area contributed by atoms with Crippen LogP contribution in [0.25, 0.3) is 10.8 Å². The van der Waals surface area contributed by atoms with Crippen molar-refractivity contribution in [1.29, 1.82) is 0 Å². The van der Waals surface area contributed by atoms with E-state index >= 15 is 0 Å². The van der Waals surface area contributed by atoms with E-state index in [9.17, 15) is 8.76 Å². The van der Waals surface area contributed by atoms with Gasteiger partial charge in [-0.2, -0.15) is 0 Å². The Balaban J connectivity index is 2.59. The molecule has 4 nitrogen and oxygen atoms in total. The molecule has 1 unspecified atom stereocenters. The molecule has 0 spiro atoms. The summed E-state index contributed by atoms with van der Waals surface area (Å²) in [6.07, 6.45) is 0. The average Bonchev–Trinajstić information content (AvgIpc) is 2.28. The Morgan fingerprint density at radius 3 is 2.65 bits per heavy atom. The quantitative estimate of drug-likeness (QED) is 0.783. The maximum atomic E-state index is 10.6. The van der Waals surface area contributed by atoms with Gasteiger partial charge in [0.05, 0.1) is 0 Å². The van der Waals surface area contributed by atoms with Gasteiger partial charge >= 0.3 is 0 Å². The van der Waals surface area contributed by atoms with Crippen molar-refractivity contribution >= 4 is 27.8 Å². The van der Waals surface area contributed by atoms with E-state index in [1.807, 2.05) is 43.3 Å². The Kier molecular flexibility index (Phi) is 3.31. The van der Waals surface area contributed by atoms with Crippen molar-refractivity contribution in [2.24, 2.45) is 0 Å². The van der Waals surface area contributed by atoms with E-state index in [1.165, 1.54) is 0 Å². The molecule has 0 heterocycles. The van der Waals surface area contributed by atoms with E-state index in [4.69, 9.17) is 4.18 Å². The second-order valence-corrected chi connectivity index (χ2v) is 4.42. The summed E-state index contributed by atoms with van der Waals surface area (Å²) in [6.45, 7) is 0. The standard InChI is InChI=1S/C12H13NO3S/c1-13(2)10-7-6-9-4-3-5-12(11(9)8-10)16-17(14)15/h3-8H,1-2H3,(H,14,15)/p-1. The zero-order chi connectivity index (χ0) is 12.4. The molecule has 1 atom stereocenters. The topological polar surface area (TPSA) is 52.6 Å². The van der Waals surface area contributed by atoms with Gasteiger partial charge in [-0.3, -0.25) is 0 Å². The minimum absolute atomic E-state index is 0.347. The molecule has 0 saturated carbocycles. The Morgan fingerprint density at radius 1 is 1.24 bits per heavy atom. The van der Waals surface area contributed by atoms with Crippen LogP contribution in [0.1, 0.15) is 0 Å². The largest absolute Gasteiger partial charge is 0.740 e. The Hall–Kier alpha value is -1.59. The molecule has 0 aliphatic heterocycles. The minimum atomic E-state index is -2.55. The second-order valence-electron chi connectivity index (χ2n) is 3.84. The summed E-state index contributed by atoms with van der Waals surface area (Å²) >= 11 is -2.55. The highest BCUT2D eigenvalue weighted by Crippen LogP contribution is 2.29. The molecule has 0 bridgehead atoms. The number of hydrogen-bond donors (Lipinski definition) is 0. The molecule has 90 valence electrons. The van der Waals surface area contributed by atoms with Crippen LogP contribution in [-0.2, 0) is 11.4 Å². The molecule has 5 heteroatoms. The summed E-state index contributed by atoms with van der Waals surface area (Å²) in [5.74, 6) is 0.347. The Labute approximate surface area is 102 Å². The van der Waals surface area contributed by atoms with Crippen LogP contribution < -0.4 is 9.08 Å². The fourth-order valence-electron chi connectivity index (χ4n) is 1.66.